The van der Waals surface area contributed by atoms with Gasteiger partial charge in [0.2, 0.25) is 5.78 Å². The van der Waals surface area contributed by atoms with Crippen LogP contribution in [0.5, 0.6) is 0 Å². The maximum Gasteiger partial charge on any atom is 0.365 e. The molecule has 0 amide bonds. The Morgan fingerprint density at radius 1 is 0.750 bits per heavy atom. The zero-order valence-corrected chi connectivity index (χ0v) is 19.0. The Balaban J connectivity index is 1.66. The van der Waals surface area contributed by atoms with E-state index in [9.17, 15) is 9.59 Å². The molecule has 0 fully saturated rings. The van der Waals surface area contributed by atoms with Gasteiger partial charge in [0.1, 0.15) is 5.71 Å². The Hall–Kier alpha value is -3.18. The summed E-state index contributed by atoms with van der Waals surface area (Å²) in [4.78, 5) is 32.7. The number of carbonyl (C=O) groups is 2. The first kappa shape index (κ1) is 23.5. The summed E-state index contributed by atoms with van der Waals surface area (Å²) in [5, 5.41) is 3.98. The number of carbonyl (C=O) groups excluding carboxylic acids is 2. The molecule has 0 atom stereocenters. The van der Waals surface area contributed by atoms with Crippen LogP contribution in [0, 0.1) is 0 Å². The third-order valence-electron chi connectivity index (χ3n) is 4.87. The van der Waals surface area contributed by atoms with Crippen molar-refractivity contribution in [3.8, 4) is 0 Å². The lowest BCUT2D eigenvalue weighted by Crippen LogP contribution is -2.16. The SMILES string of the molecule is CCCCCC/C(=N\OC(=O)c1ccc(Sc2ccccc2)cc1)C(=O)c1ccccc1. The lowest BCUT2D eigenvalue weighted by molar-refractivity contribution is 0.0514. The second-order valence-electron chi connectivity index (χ2n) is 7.36. The predicted molar refractivity (Wildman–Crippen MR) is 129 cm³/mol. The average Bonchev–Trinajstić information content (AvgIpc) is 2.84. The summed E-state index contributed by atoms with van der Waals surface area (Å²) in [6.45, 7) is 2.13. The summed E-state index contributed by atoms with van der Waals surface area (Å²) >= 11 is 1.62. The quantitative estimate of drug-likeness (QED) is 0.103. The number of hydrogen-bond acceptors (Lipinski definition) is 5. The van der Waals surface area contributed by atoms with Crippen molar-refractivity contribution in [3.63, 3.8) is 0 Å². The van der Waals surface area contributed by atoms with Crippen molar-refractivity contribution in [1.82, 2.24) is 0 Å². The van der Waals surface area contributed by atoms with E-state index in [1.54, 1.807) is 36.0 Å². The summed E-state index contributed by atoms with van der Waals surface area (Å²) in [7, 11) is 0. The number of benzene rings is 3. The molecule has 0 heterocycles. The van der Waals surface area contributed by atoms with Crippen LogP contribution in [-0.4, -0.2) is 17.5 Å². The Morgan fingerprint density at radius 3 is 2.03 bits per heavy atom. The smallest absolute Gasteiger partial charge is 0.312 e. The van der Waals surface area contributed by atoms with Crippen LogP contribution in [0.1, 0.15) is 59.7 Å². The first-order valence-corrected chi connectivity index (χ1v) is 11.7. The molecule has 3 aromatic carbocycles. The van der Waals surface area contributed by atoms with E-state index in [1.807, 2.05) is 60.7 Å². The van der Waals surface area contributed by atoms with Gasteiger partial charge < -0.3 is 4.84 Å². The molecule has 0 aromatic heterocycles. The van der Waals surface area contributed by atoms with Gasteiger partial charge in [-0.25, -0.2) is 4.79 Å². The zero-order valence-electron chi connectivity index (χ0n) is 18.2. The molecule has 0 aliphatic carbocycles. The molecular weight excluding hydrogens is 418 g/mol. The molecule has 0 aliphatic rings. The largest absolute Gasteiger partial charge is 0.365 e. The molecule has 0 bridgehead atoms. The molecule has 0 saturated heterocycles. The molecule has 4 nitrogen and oxygen atoms in total. The number of rotatable bonds is 11. The van der Waals surface area contributed by atoms with Crippen LogP contribution in [-0.2, 0) is 4.84 Å². The highest BCUT2D eigenvalue weighted by molar-refractivity contribution is 7.99. The van der Waals surface area contributed by atoms with Gasteiger partial charge in [-0.1, -0.05) is 91.6 Å². The normalized spacial score (nSPS) is 11.2. The highest BCUT2D eigenvalue weighted by Crippen LogP contribution is 2.27. The molecular formula is C27H27NO3S. The van der Waals surface area contributed by atoms with Gasteiger partial charge >= 0.3 is 5.97 Å². The molecule has 0 saturated carbocycles. The molecule has 0 spiro atoms. The monoisotopic (exact) mass is 445 g/mol. The minimum atomic E-state index is -0.576. The Labute approximate surface area is 193 Å². The van der Waals surface area contributed by atoms with Crippen LogP contribution in [0.4, 0.5) is 0 Å². The summed E-state index contributed by atoms with van der Waals surface area (Å²) in [5.74, 6) is -0.780. The van der Waals surface area contributed by atoms with Crippen molar-refractivity contribution < 1.29 is 14.4 Å². The predicted octanol–water partition coefficient (Wildman–Crippen LogP) is 7.20. The maximum atomic E-state index is 12.9. The number of nitrogens with zero attached hydrogens (tertiary/aromatic N) is 1. The second kappa shape index (κ2) is 12.6. The van der Waals surface area contributed by atoms with Gasteiger partial charge in [-0.3, -0.25) is 4.79 Å². The fourth-order valence-corrected chi connectivity index (χ4v) is 3.95. The summed E-state index contributed by atoms with van der Waals surface area (Å²) in [6.07, 6.45) is 4.51. The van der Waals surface area contributed by atoms with E-state index in [-0.39, 0.29) is 11.5 Å². The van der Waals surface area contributed by atoms with E-state index in [0.29, 0.717) is 17.5 Å². The lowest BCUT2D eigenvalue weighted by Gasteiger charge is -2.06. The van der Waals surface area contributed by atoms with Crippen molar-refractivity contribution >= 4 is 29.2 Å². The van der Waals surface area contributed by atoms with E-state index >= 15 is 0 Å². The number of hydrogen-bond donors (Lipinski definition) is 0. The molecule has 0 unspecified atom stereocenters. The Kier molecular flexibility index (Phi) is 9.26. The molecule has 5 heteroatoms. The highest BCUT2D eigenvalue weighted by atomic mass is 32.2. The molecule has 3 rings (SSSR count). The van der Waals surface area contributed by atoms with Gasteiger partial charge in [0.15, 0.2) is 0 Å². The van der Waals surface area contributed by atoms with Crippen LogP contribution in [0.2, 0.25) is 0 Å². The fourth-order valence-electron chi connectivity index (χ4n) is 3.11. The number of oxime groups is 1. The standard InChI is InChI=1S/C27H27NO3S/c1-2-3-4-11-16-25(26(29)21-12-7-5-8-13-21)28-31-27(30)22-17-19-24(20-18-22)32-23-14-9-6-10-15-23/h5-10,12-15,17-20H,2-4,11,16H2,1H3/b28-25+. The van der Waals surface area contributed by atoms with Crippen LogP contribution >= 0.6 is 11.8 Å². The Morgan fingerprint density at radius 2 is 1.38 bits per heavy atom. The van der Waals surface area contributed by atoms with E-state index in [1.165, 1.54) is 0 Å². The van der Waals surface area contributed by atoms with Gasteiger partial charge in [0, 0.05) is 15.4 Å². The van der Waals surface area contributed by atoms with Crippen molar-refractivity contribution in [2.45, 2.75) is 48.8 Å². The van der Waals surface area contributed by atoms with Gasteiger partial charge in [-0.05, 0) is 49.2 Å². The Bertz CT molecular complexity index is 1030. The van der Waals surface area contributed by atoms with Gasteiger partial charge in [-0.15, -0.1) is 0 Å². The van der Waals surface area contributed by atoms with E-state index in [4.69, 9.17) is 4.84 Å². The molecule has 3 aromatic rings. The topological polar surface area (TPSA) is 55.7 Å². The van der Waals surface area contributed by atoms with Crippen molar-refractivity contribution in [3.05, 3.63) is 96.1 Å². The molecule has 0 radical (unpaired) electrons. The van der Waals surface area contributed by atoms with E-state index in [0.717, 1.165) is 35.5 Å². The minimum Gasteiger partial charge on any atom is -0.312 e. The third kappa shape index (κ3) is 7.20. The van der Waals surface area contributed by atoms with Crippen LogP contribution < -0.4 is 0 Å². The van der Waals surface area contributed by atoms with Crippen LogP contribution in [0.3, 0.4) is 0 Å². The van der Waals surface area contributed by atoms with Crippen molar-refractivity contribution in [1.29, 1.82) is 0 Å². The molecule has 32 heavy (non-hydrogen) atoms. The van der Waals surface area contributed by atoms with Crippen LogP contribution in [0.15, 0.2) is 99.9 Å². The fraction of sp³-hybridized carbons (Fsp3) is 0.222. The number of unbranched alkanes of at least 4 members (excludes halogenated alkanes) is 3. The first-order chi connectivity index (χ1) is 15.7. The minimum absolute atomic E-state index is 0.204. The lowest BCUT2D eigenvalue weighted by atomic mass is 10.0. The van der Waals surface area contributed by atoms with E-state index in [2.05, 4.69) is 12.1 Å². The third-order valence-corrected chi connectivity index (χ3v) is 5.89. The highest BCUT2D eigenvalue weighted by Gasteiger charge is 2.16. The molecule has 0 aliphatic heterocycles. The number of Topliss-reactive ketones (excluding diaryl/α,β-unsaturated/α-hetero) is 1. The van der Waals surface area contributed by atoms with E-state index < -0.39 is 5.97 Å². The van der Waals surface area contributed by atoms with Crippen molar-refractivity contribution in [2.75, 3.05) is 0 Å². The van der Waals surface area contributed by atoms with Gasteiger partial charge in [0.05, 0.1) is 5.56 Å². The number of ketones is 1. The van der Waals surface area contributed by atoms with Gasteiger partial charge in [0.25, 0.3) is 0 Å². The summed E-state index contributed by atoms with van der Waals surface area (Å²) < 4.78 is 0. The summed E-state index contributed by atoms with van der Waals surface area (Å²) in [5.41, 5.74) is 1.21. The molecule has 0 N–H and O–H groups in total. The maximum absolute atomic E-state index is 12.9. The molecule has 164 valence electrons. The van der Waals surface area contributed by atoms with Gasteiger partial charge in [-0.2, -0.15) is 0 Å². The zero-order chi connectivity index (χ0) is 22.6. The van der Waals surface area contributed by atoms with Crippen molar-refractivity contribution in [2.24, 2.45) is 5.16 Å². The second-order valence-corrected chi connectivity index (χ2v) is 8.51. The van der Waals surface area contributed by atoms with Crippen LogP contribution in [0.25, 0.3) is 0 Å². The summed E-state index contributed by atoms with van der Waals surface area (Å²) in [6, 6.07) is 26.2. The average molecular weight is 446 g/mol. The first-order valence-electron chi connectivity index (χ1n) is 10.9.